The lowest BCUT2D eigenvalue weighted by Crippen LogP contribution is -2.40. The molecular weight excluding hydrogens is 212 g/mol. The molecule has 2 rings (SSSR count). The molecule has 0 bridgehead atoms. The zero-order valence-electron chi connectivity index (χ0n) is 11.8. The Balaban J connectivity index is 1.92. The molecule has 0 aromatic carbocycles. The van der Waals surface area contributed by atoms with Crippen molar-refractivity contribution in [1.82, 2.24) is 10.2 Å². The highest BCUT2D eigenvalue weighted by Gasteiger charge is 2.68. The van der Waals surface area contributed by atoms with E-state index in [9.17, 15) is 4.79 Å². The van der Waals surface area contributed by atoms with Gasteiger partial charge in [0.25, 0.3) is 0 Å². The van der Waals surface area contributed by atoms with Crippen molar-refractivity contribution < 1.29 is 4.79 Å². The van der Waals surface area contributed by atoms with Crippen LogP contribution in [-0.4, -0.2) is 37.0 Å². The van der Waals surface area contributed by atoms with Gasteiger partial charge in [-0.3, -0.25) is 4.79 Å². The fourth-order valence-corrected chi connectivity index (χ4v) is 3.37. The average molecular weight is 238 g/mol. The second-order valence-electron chi connectivity index (χ2n) is 6.89. The van der Waals surface area contributed by atoms with Crippen LogP contribution >= 0.6 is 0 Å². The minimum Gasteiger partial charge on any atom is -0.344 e. The summed E-state index contributed by atoms with van der Waals surface area (Å²) in [6.07, 6.45) is 2.45. The van der Waals surface area contributed by atoms with E-state index < -0.39 is 0 Å². The molecule has 0 spiro atoms. The van der Waals surface area contributed by atoms with Crippen LogP contribution < -0.4 is 5.32 Å². The van der Waals surface area contributed by atoms with E-state index in [1.807, 2.05) is 11.9 Å². The van der Waals surface area contributed by atoms with E-state index in [1.165, 1.54) is 12.8 Å². The van der Waals surface area contributed by atoms with Crippen molar-refractivity contribution in [3.63, 3.8) is 0 Å². The van der Waals surface area contributed by atoms with Gasteiger partial charge in [-0.15, -0.1) is 0 Å². The highest BCUT2D eigenvalue weighted by molar-refractivity contribution is 5.84. The molecule has 1 N–H and O–H groups in total. The third-order valence-electron chi connectivity index (χ3n) is 5.30. The molecule has 3 nitrogen and oxygen atoms in total. The van der Waals surface area contributed by atoms with E-state index in [-0.39, 0.29) is 16.7 Å². The van der Waals surface area contributed by atoms with E-state index >= 15 is 0 Å². The fourth-order valence-electron chi connectivity index (χ4n) is 3.37. The van der Waals surface area contributed by atoms with Crippen molar-refractivity contribution in [3.05, 3.63) is 0 Å². The Hall–Kier alpha value is -0.570. The summed E-state index contributed by atoms with van der Waals surface area (Å²) in [5, 5.41) is 3.45. The van der Waals surface area contributed by atoms with Gasteiger partial charge in [-0.05, 0) is 30.2 Å². The predicted octanol–water partition coefficient (Wildman–Crippen LogP) is 1.88. The maximum absolute atomic E-state index is 12.4. The SMILES string of the molecule is CN(CC1CCCN1)C(=O)C1C(C)(C)C1(C)C. The minimum absolute atomic E-state index is 0.154. The molecule has 2 aliphatic rings. The van der Waals surface area contributed by atoms with Gasteiger partial charge >= 0.3 is 0 Å². The molecule has 3 heteroatoms. The maximum atomic E-state index is 12.4. The van der Waals surface area contributed by atoms with E-state index in [0.29, 0.717) is 11.9 Å². The monoisotopic (exact) mass is 238 g/mol. The first kappa shape index (κ1) is 12.9. The molecule has 1 saturated heterocycles. The molecular formula is C14H26N2O. The number of likely N-dealkylation sites (N-methyl/N-ethyl adjacent to an activating group) is 1. The van der Waals surface area contributed by atoms with Gasteiger partial charge in [-0.1, -0.05) is 27.7 Å². The van der Waals surface area contributed by atoms with Gasteiger partial charge in [0.15, 0.2) is 0 Å². The lowest BCUT2D eigenvalue weighted by Gasteiger charge is -2.22. The van der Waals surface area contributed by atoms with Crippen LogP contribution in [0.25, 0.3) is 0 Å². The molecule has 1 heterocycles. The zero-order chi connectivity index (χ0) is 12.8. The number of carbonyl (C=O) groups excluding carboxylic acids is 1. The Morgan fingerprint density at radius 3 is 2.29 bits per heavy atom. The zero-order valence-corrected chi connectivity index (χ0v) is 11.8. The average Bonchev–Trinajstić information content (AvgIpc) is 2.61. The first-order chi connectivity index (χ1) is 7.78. The molecule has 17 heavy (non-hydrogen) atoms. The van der Waals surface area contributed by atoms with Crippen LogP contribution in [0.2, 0.25) is 0 Å². The number of rotatable bonds is 3. The Morgan fingerprint density at radius 1 is 1.29 bits per heavy atom. The minimum atomic E-state index is 0.154. The lowest BCUT2D eigenvalue weighted by molar-refractivity contribution is -0.132. The second kappa shape index (κ2) is 3.98. The summed E-state index contributed by atoms with van der Waals surface area (Å²) in [6, 6.07) is 0.508. The van der Waals surface area contributed by atoms with Gasteiger partial charge in [0.1, 0.15) is 0 Å². The van der Waals surface area contributed by atoms with Gasteiger partial charge in [-0.2, -0.15) is 0 Å². The molecule has 98 valence electrons. The van der Waals surface area contributed by atoms with Crippen LogP contribution in [0.3, 0.4) is 0 Å². The number of hydrogen-bond donors (Lipinski definition) is 1. The summed E-state index contributed by atoms with van der Waals surface area (Å²) >= 11 is 0. The molecule has 2 fully saturated rings. The first-order valence-corrected chi connectivity index (χ1v) is 6.77. The lowest BCUT2D eigenvalue weighted by atomic mass is 10.0. The fraction of sp³-hybridized carbons (Fsp3) is 0.929. The van der Waals surface area contributed by atoms with Gasteiger partial charge < -0.3 is 10.2 Å². The third-order valence-corrected chi connectivity index (χ3v) is 5.30. The predicted molar refractivity (Wildman–Crippen MR) is 69.7 cm³/mol. The molecule has 1 unspecified atom stereocenters. The molecule has 1 saturated carbocycles. The largest absolute Gasteiger partial charge is 0.344 e. The summed E-state index contributed by atoms with van der Waals surface area (Å²) < 4.78 is 0. The van der Waals surface area contributed by atoms with Crippen LogP contribution in [0, 0.1) is 16.7 Å². The van der Waals surface area contributed by atoms with E-state index in [2.05, 4.69) is 33.0 Å². The van der Waals surface area contributed by atoms with Crippen LogP contribution in [0.5, 0.6) is 0 Å². The third kappa shape index (κ3) is 1.99. The van der Waals surface area contributed by atoms with Crippen LogP contribution in [0.4, 0.5) is 0 Å². The van der Waals surface area contributed by atoms with Gasteiger partial charge in [0, 0.05) is 25.6 Å². The number of nitrogens with one attached hydrogen (secondary N) is 1. The van der Waals surface area contributed by atoms with Crippen LogP contribution in [-0.2, 0) is 4.79 Å². The smallest absolute Gasteiger partial charge is 0.226 e. The van der Waals surface area contributed by atoms with Gasteiger partial charge in [-0.25, -0.2) is 0 Å². The van der Waals surface area contributed by atoms with Crippen molar-refractivity contribution in [2.45, 2.75) is 46.6 Å². The molecule has 1 amide bonds. The maximum Gasteiger partial charge on any atom is 0.226 e. The standard InChI is InChI=1S/C14H26N2O/c1-13(2)11(14(13,3)4)12(17)16(5)9-10-7-6-8-15-10/h10-11,15H,6-9H2,1-5H3. The summed E-state index contributed by atoms with van der Waals surface area (Å²) in [4.78, 5) is 14.4. The second-order valence-corrected chi connectivity index (χ2v) is 6.89. The normalized spacial score (nSPS) is 30.3. The van der Waals surface area contributed by atoms with E-state index in [0.717, 1.165) is 13.1 Å². The van der Waals surface area contributed by atoms with Crippen molar-refractivity contribution in [3.8, 4) is 0 Å². The number of amides is 1. The Kier molecular flexibility index (Phi) is 3.01. The van der Waals surface area contributed by atoms with E-state index in [4.69, 9.17) is 0 Å². The molecule has 0 aromatic heterocycles. The van der Waals surface area contributed by atoms with Crippen molar-refractivity contribution in [2.24, 2.45) is 16.7 Å². The highest BCUT2D eigenvalue weighted by atomic mass is 16.2. The van der Waals surface area contributed by atoms with Crippen LogP contribution in [0.1, 0.15) is 40.5 Å². The first-order valence-electron chi connectivity index (χ1n) is 6.77. The van der Waals surface area contributed by atoms with Gasteiger partial charge in [0.2, 0.25) is 5.91 Å². The molecule has 0 radical (unpaired) electrons. The Labute approximate surface area is 105 Å². The number of hydrogen-bond acceptors (Lipinski definition) is 2. The molecule has 1 aliphatic heterocycles. The van der Waals surface area contributed by atoms with Crippen molar-refractivity contribution >= 4 is 5.91 Å². The molecule has 1 atom stereocenters. The Morgan fingerprint density at radius 2 is 1.88 bits per heavy atom. The van der Waals surface area contributed by atoms with Crippen molar-refractivity contribution in [1.29, 1.82) is 0 Å². The summed E-state index contributed by atoms with van der Waals surface area (Å²) in [6.45, 7) is 10.8. The summed E-state index contributed by atoms with van der Waals surface area (Å²) in [7, 11) is 1.95. The Bertz CT molecular complexity index is 302. The number of nitrogens with zero attached hydrogens (tertiary/aromatic N) is 1. The molecule has 1 aliphatic carbocycles. The summed E-state index contributed by atoms with van der Waals surface area (Å²) in [5.41, 5.74) is 0.308. The van der Waals surface area contributed by atoms with Crippen molar-refractivity contribution in [2.75, 3.05) is 20.1 Å². The quantitative estimate of drug-likeness (QED) is 0.814. The summed E-state index contributed by atoms with van der Waals surface area (Å²) in [5.74, 6) is 0.523. The highest BCUT2D eigenvalue weighted by Crippen LogP contribution is 2.68. The molecule has 0 aromatic rings. The van der Waals surface area contributed by atoms with E-state index in [1.54, 1.807) is 0 Å². The van der Waals surface area contributed by atoms with Crippen LogP contribution in [0.15, 0.2) is 0 Å². The topological polar surface area (TPSA) is 32.3 Å². The number of carbonyl (C=O) groups is 1. The van der Waals surface area contributed by atoms with Gasteiger partial charge in [0.05, 0.1) is 0 Å².